The summed E-state index contributed by atoms with van der Waals surface area (Å²) in [5, 5.41) is 5.48. The molecule has 1 saturated heterocycles. The van der Waals surface area contributed by atoms with E-state index >= 15 is 0 Å². The van der Waals surface area contributed by atoms with Crippen LogP contribution in [-0.4, -0.2) is 37.1 Å². The molecule has 0 aromatic heterocycles. The van der Waals surface area contributed by atoms with Crippen molar-refractivity contribution >= 4 is 17.6 Å². The second-order valence-corrected chi connectivity index (χ2v) is 6.28. The molecule has 1 aliphatic heterocycles. The predicted octanol–water partition coefficient (Wildman–Crippen LogP) is 1.46. The molecule has 0 radical (unpaired) electrons. The number of nitrogens with one attached hydrogen (secondary N) is 2. The number of rotatable bonds is 5. The molecule has 1 atom stereocenters. The normalized spacial score (nSPS) is 17.1. The summed E-state index contributed by atoms with van der Waals surface area (Å²) >= 11 is 0. The van der Waals surface area contributed by atoms with E-state index in [0.717, 1.165) is 0 Å². The van der Waals surface area contributed by atoms with E-state index in [9.17, 15) is 14.0 Å². The molecule has 2 rings (SSSR count). The molecule has 1 heterocycles. The van der Waals surface area contributed by atoms with Crippen LogP contribution in [0, 0.1) is 11.7 Å². The monoisotopic (exact) mass is 322 g/mol. The number of amides is 3. The quantitative estimate of drug-likeness (QED) is 0.767. The number of anilines is 1. The van der Waals surface area contributed by atoms with Crippen molar-refractivity contribution in [3.63, 3.8) is 0 Å². The Bertz CT molecular complexity index is 620. The molecule has 1 fully saturated rings. The fourth-order valence-electron chi connectivity index (χ4n) is 2.33. The zero-order valence-corrected chi connectivity index (χ0v) is 13.6. The van der Waals surface area contributed by atoms with Crippen molar-refractivity contribution in [1.82, 2.24) is 10.6 Å². The zero-order chi connectivity index (χ0) is 17.2. The number of nitrogens with two attached hydrogens (primary N) is 1. The summed E-state index contributed by atoms with van der Waals surface area (Å²) < 4.78 is 14.1. The first-order valence-corrected chi connectivity index (χ1v) is 7.66. The third kappa shape index (κ3) is 3.44. The number of urea groups is 1. The van der Waals surface area contributed by atoms with Crippen LogP contribution in [0.25, 0.3) is 0 Å². The Morgan fingerprint density at radius 3 is 2.74 bits per heavy atom. The van der Waals surface area contributed by atoms with Gasteiger partial charge in [0, 0.05) is 25.3 Å². The number of hydrogen-bond donors (Lipinski definition) is 3. The van der Waals surface area contributed by atoms with Crippen LogP contribution in [0.4, 0.5) is 14.9 Å². The van der Waals surface area contributed by atoms with Crippen LogP contribution < -0.4 is 21.3 Å². The van der Waals surface area contributed by atoms with Gasteiger partial charge in [0.2, 0.25) is 0 Å². The van der Waals surface area contributed by atoms with Crippen LogP contribution in [-0.2, 0) is 0 Å². The molecule has 7 heteroatoms. The second kappa shape index (κ2) is 6.54. The molecule has 4 N–H and O–H groups in total. The first-order valence-electron chi connectivity index (χ1n) is 7.66. The van der Waals surface area contributed by atoms with Crippen LogP contribution in [0.15, 0.2) is 18.2 Å². The van der Waals surface area contributed by atoms with E-state index in [1.54, 1.807) is 0 Å². The van der Waals surface area contributed by atoms with Gasteiger partial charge in [-0.3, -0.25) is 9.69 Å². The third-order valence-corrected chi connectivity index (χ3v) is 4.46. The third-order valence-electron chi connectivity index (χ3n) is 4.46. The highest BCUT2D eigenvalue weighted by Crippen LogP contribution is 2.22. The fraction of sp³-hybridized carbons (Fsp3) is 0.500. The molecular formula is C16H23FN4O2. The number of halogens is 1. The van der Waals surface area contributed by atoms with Crippen molar-refractivity contribution in [2.75, 3.05) is 24.5 Å². The lowest BCUT2D eigenvalue weighted by Crippen LogP contribution is -2.55. The van der Waals surface area contributed by atoms with Crippen LogP contribution in [0.5, 0.6) is 0 Å². The summed E-state index contributed by atoms with van der Waals surface area (Å²) in [5.74, 6) is -1.08. The highest BCUT2D eigenvalue weighted by atomic mass is 19.1. The Balaban J connectivity index is 2.28. The first-order chi connectivity index (χ1) is 10.8. The van der Waals surface area contributed by atoms with E-state index in [1.165, 1.54) is 23.1 Å². The molecule has 0 spiro atoms. The minimum Gasteiger partial charge on any atom is -0.345 e. The smallest absolute Gasteiger partial charge is 0.321 e. The van der Waals surface area contributed by atoms with Gasteiger partial charge in [-0.25, -0.2) is 9.18 Å². The molecule has 1 aromatic carbocycles. The van der Waals surface area contributed by atoms with Gasteiger partial charge in [-0.05, 0) is 31.0 Å². The molecule has 1 aromatic rings. The number of carbonyl (C=O) groups is 2. The lowest BCUT2D eigenvalue weighted by Gasteiger charge is -2.33. The Kier molecular flexibility index (Phi) is 4.89. The molecule has 1 aliphatic rings. The van der Waals surface area contributed by atoms with Gasteiger partial charge in [0.1, 0.15) is 5.82 Å². The maximum absolute atomic E-state index is 14.1. The van der Waals surface area contributed by atoms with Crippen molar-refractivity contribution in [3.8, 4) is 0 Å². The van der Waals surface area contributed by atoms with E-state index in [-0.39, 0.29) is 24.1 Å². The fourth-order valence-corrected chi connectivity index (χ4v) is 2.33. The van der Waals surface area contributed by atoms with Gasteiger partial charge in [-0.15, -0.1) is 0 Å². The SMILES string of the molecule is CC(C)C(C)(CN)NC(=O)c1cc(N2CCNC2=O)ccc1F. The molecule has 0 bridgehead atoms. The van der Waals surface area contributed by atoms with E-state index < -0.39 is 17.3 Å². The molecule has 23 heavy (non-hydrogen) atoms. The average molecular weight is 322 g/mol. The Morgan fingerprint density at radius 2 is 2.22 bits per heavy atom. The summed E-state index contributed by atoms with van der Waals surface area (Å²) in [7, 11) is 0. The summed E-state index contributed by atoms with van der Waals surface area (Å²) in [4.78, 5) is 25.6. The standard InChI is InChI=1S/C16H23FN4O2/c1-10(2)16(3,9-18)20-14(22)12-8-11(4-5-13(12)17)21-7-6-19-15(21)23/h4-5,8,10H,6-7,9,18H2,1-3H3,(H,19,23)(H,20,22). The summed E-state index contributed by atoms with van der Waals surface area (Å²) in [6.45, 7) is 6.95. The van der Waals surface area contributed by atoms with Crippen LogP contribution >= 0.6 is 0 Å². The van der Waals surface area contributed by atoms with Gasteiger partial charge in [0.25, 0.3) is 5.91 Å². The van der Waals surface area contributed by atoms with Gasteiger partial charge in [0.15, 0.2) is 0 Å². The van der Waals surface area contributed by atoms with Crippen LogP contribution in [0.1, 0.15) is 31.1 Å². The second-order valence-electron chi connectivity index (χ2n) is 6.28. The molecule has 0 aliphatic carbocycles. The number of hydrogen-bond acceptors (Lipinski definition) is 3. The molecule has 1 unspecified atom stereocenters. The minimum absolute atomic E-state index is 0.0899. The maximum Gasteiger partial charge on any atom is 0.321 e. The van der Waals surface area contributed by atoms with Gasteiger partial charge in [-0.1, -0.05) is 13.8 Å². The van der Waals surface area contributed by atoms with E-state index in [2.05, 4.69) is 10.6 Å². The number of benzene rings is 1. The summed E-state index contributed by atoms with van der Waals surface area (Å²) in [6, 6.07) is 3.83. The Hall–Kier alpha value is -2.15. The summed E-state index contributed by atoms with van der Waals surface area (Å²) in [6.07, 6.45) is 0. The van der Waals surface area contributed by atoms with Crippen molar-refractivity contribution in [2.24, 2.45) is 11.7 Å². The predicted molar refractivity (Wildman–Crippen MR) is 86.9 cm³/mol. The average Bonchev–Trinajstić information content (AvgIpc) is 2.93. The van der Waals surface area contributed by atoms with E-state index in [4.69, 9.17) is 5.73 Å². The lowest BCUT2D eigenvalue weighted by molar-refractivity contribution is 0.0879. The molecule has 3 amide bonds. The Morgan fingerprint density at radius 1 is 1.52 bits per heavy atom. The van der Waals surface area contributed by atoms with Crippen molar-refractivity contribution in [1.29, 1.82) is 0 Å². The van der Waals surface area contributed by atoms with Crippen molar-refractivity contribution in [2.45, 2.75) is 26.3 Å². The van der Waals surface area contributed by atoms with Gasteiger partial charge in [-0.2, -0.15) is 0 Å². The maximum atomic E-state index is 14.1. The zero-order valence-electron chi connectivity index (χ0n) is 13.6. The van der Waals surface area contributed by atoms with Crippen LogP contribution in [0.3, 0.4) is 0 Å². The van der Waals surface area contributed by atoms with Gasteiger partial charge < -0.3 is 16.4 Å². The van der Waals surface area contributed by atoms with E-state index in [1.807, 2.05) is 20.8 Å². The lowest BCUT2D eigenvalue weighted by atomic mass is 9.88. The van der Waals surface area contributed by atoms with Gasteiger partial charge >= 0.3 is 6.03 Å². The van der Waals surface area contributed by atoms with Crippen molar-refractivity contribution in [3.05, 3.63) is 29.6 Å². The van der Waals surface area contributed by atoms with Crippen molar-refractivity contribution < 1.29 is 14.0 Å². The molecular weight excluding hydrogens is 299 g/mol. The molecule has 6 nitrogen and oxygen atoms in total. The minimum atomic E-state index is -0.634. The molecule has 126 valence electrons. The first kappa shape index (κ1) is 17.2. The Labute approximate surface area is 135 Å². The number of nitrogens with zero attached hydrogens (tertiary/aromatic N) is 1. The largest absolute Gasteiger partial charge is 0.345 e. The molecule has 0 saturated carbocycles. The van der Waals surface area contributed by atoms with Crippen LogP contribution in [0.2, 0.25) is 0 Å². The highest BCUT2D eigenvalue weighted by molar-refractivity contribution is 5.99. The topological polar surface area (TPSA) is 87.5 Å². The van der Waals surface area contributed by atoms with Gasteiger partial charge in [0.05, 0.1) is 11.1 Å². The summed E-state index contributed by atoms with van der Waals surface area (Å²) in [5.41, 5.74) is 5.51. The number of carbonyl (C=O) groups excluding carboxylic acids is 2. The van der Waals surface area contributed by atoms with E-state index in [0.29, 0.717) is 18.8 Å². The highest BCUT2D eigenvalue weighted by Gasteiger charge is 2.30.